The van der Waals surface area contributed by atoms with E-state index in [1.165, 1.54) is 12.1 Å². The monoisotopic (exact) mass is 303 g/mol. The van der Waals surface area contributed by atoms with Crippen LogP contribution in [-0.4, -0.2) is 22.0 Å². The summed E-state index contributed by atoms with van der Waals surface area (Å²) >= 11 is 1.02. The molecule has 1 rings (SSSR count). The second-order valence-electron chi connectivity index (χ2n) is 6.06. The number of rotatable bonds is 5. The highest BCUT2D eigenvalue weighted by Gasteiger charge is 2.18. The van der Waals surface area contributed by atoms with Crippen LogP contribution in [0.5, 0.6) is 0 Å². The number of aliphatic hydroxyl groups is 1. The van der Waals surface area contributed by atoms with Gasteiger partial charge in [-0.2, -0.15) is 0 Å². The second kappa shape index (κ2) is 6.87. The number of thioether (sulfide) groups is 1. The van der Waals surface area contributed by atoms with Gasteiger partial charge in [-0.05, 0) is 45.4 Å². The topological polar surface area (TPSA) is 32.3 Å². The van der Waals surface area contributed by atoms with Crippen LogP contribution in [-0.2, 0) is 6.54 Å². The molecule has 20 heavy (non-hydrogen) atoms. The van der Waals surface area contributed by atoms with Crippen molar-refractivity contribution in [2.75, 3.05) is 0 Å². The molecule has 0 radical (unpaired) electrons. The number of benzene rings is 1. The Morgan fingerprint density at radius 3 is 2.10 bits per heavy atom. The molecule has 0 heterocycles. The van der Waals surface area contributed by atoms with Crippen molar-refractivity contribution in [1.29, 1.82) is 0 Å². The zero-order valence-electron chi connectivity index (χ0n) is 12.6. The van der Waals surface area contributed by atoms with Crippen molar-refractivity contribution < 1.29 is 13.9 Å². The Morgan fingerprint density at radius 1 is 1.20 bits per heavy atom. The smallest absolute Gasteiger partial charge is 0.140 e. The van der Waals surface area contributed by atoms with E-state index in [9.17, 15) is 13.9 Å². The number of nitrogens with one attached hydrogen (secondary N) is 1. The molecule has 0 aliphatic heterocycles. The third-order valence-corrected chi connectivity index (χ3v) is 4.26. The van der Waals surface area contributed by atoms with E-state index in [1.54, 1.807) is 13.8 Å². The van der Waals surface area contributed by atoms with Gasteiger partial charge >= 0.3 is 0 Å². The van der Waals surface area contributed by atoms with Gasteiger partial charge in [-0.25, -0.2) is 8.78 Å². The predicted molar refractivity (Wildman–Crippen MR) is 80.0 cm³/mol. The fraction of sp³-hybridized carbons (Fsp3) is 0.600. The molecule has 2 N–H and O–H groups in total. The van der Waals surface area contributed by atoms with Gasteiger partial charge in [-0.1, -0.05) is 6.92 Å². The van der Waals surface area contributed by atoms with Crippen LogP contribution < -0.4 is 5.32 Å². The van der Waals surface area contributed by atoms with Crippen molar-refractivity contribution in [3.8, 4) is 0 Å². The van der Waals surface area contributed by atoms with Crippen LogP contribution in [0.25, 0.3) is 0 Å². The summed E-state index contributed by atoms with van der Waals surface area (Å²) in [6.45, 7) is 9.74. The highest BCUT2D eigenvalue weighted by atomic mass is 32.2. The first-order chi connectivity index (χ1) is 9.10. The van der Waals surface area contributed by atoms with E-state index in [0.29, 0.717) is 12.1 Å². The molecule has 0 spiro atoms. The minimum absolute atomic E-state index is 0.0297. The van der Waals surface area contributed by atoms with E-state index in [2.05, 4.69) is 5.32 Å². The van der Waals surface area contributed by atoms with Crippen molar-refractivity contribution >= 4 is 11.8 Å². The Labute approximate surface area is 124 Å². The predicted octanol–water partition coefficient (Wildman–Crippen LogP) is 3.71. The van der Waals surface area contributed by atoms with Crippen molar-refractivity contribution in [2.24, 2.45) is 0 Å². The maximum atomic E-state index is 14.0. The molecule has 0 saturated carbocycles. The van der Waals surface area contributed by atoms with Crippen LogP contribution in [0.4, 0.5) is 8.78 Å². The summed E-state index contributed by atoms with van der Waals surface area (Å²) in [5, 5.41) is 12.3. The van der Waals surface area contributed by atoms with Gasteiger partial charge in [-0.15, -0.1) is 11.8 Å². The Kier molecular flexibility index (Phi) is 5.98. The Bertz CT molecular complexity index is 435. The maximum Gasteiger partial charge on any atom is 0.140 e. The molecule has 0 bridgehead atoms. The lowest BCUT2D eigenvalue weighted by atomic mass is 10.1. The van der Waals surface area contributed by atoms with Gasteiger partial charge in [0.05, 0.1) is 11.0 Å². The molecule has 2 atom stereocenters. The second-order valence-corrected chi connectivity index (χ2v) is 7.44. The summed E-state index contributed by atoms with van der Waals surface area (Å²) in [4.78, 5) is -0.0297. The third kappa shape index (κ3) is 5.38. The van der Waals surface area contributed by atoms with Crippen LogP contribution in [0, 0.1) is 11.6 Å². The van der Waals surface area contributed by atoms with Crippen LogP contribution in [0.3, 0.4) is 0 Å². The van der Waals surface area contributed by atoms with Crippen molar-refractivity contribution in [3.63, 3.8) is 0 Å². The molecular weight excluding hydrogens is 280 g/mol. The number of hydrogen-bond donors (Lipinski definition) is 2. The van der Waals surface area contributed by atoms with Crippen LogP contribution in [0.1, 0.15) is 40.2 Å². The van der Waals surface area contributed by atoms with Gasteiger partial charge in [0, 0.05) is 17.3 Å². The highest BCUT2D eigenvalue weighted by Crippen LogP contribution is 2.31. The number of aliphatic hydroxyl groups excluding tert-OH is 1. The van der Waals surface area contributed by atoms with Crippen molar-refractivity contribution in [3.05, 3.63) is 29.3 Å². The molecule has 1 aromatic carbocycles. The number of hydrogen-bond acceptors (Lipinski definition) is 3. The highest BCUT2D eigenvalue weighted by molar-refractivity contribution is 8.00. The molecule has 0 aliphatic carbocycles. The molecule has 5 heteroatoms. The molecule has 2 nitrogen and oxygen atoms in total. The zero-order chi connectivity index (χ0) is 15.5. The first-order valence-corrected chi connectivity index (χ1v) is 7.56. The lowest BCUT2D eigenvalue weighted by molar-refractivity contribution is 0.196. The maximum absolute atomic E-state index is 14.0. The van der Waals surface area contributed by atoms with Crippen LogP contribution in [0.2, 0.25) is 0 Å². The Morgan fingerprint density at radius 2 is 1.70 bits per heavy atom. The first kappa shape index (κ1) is 17.4. The summed E-state index contributed by atoms with van der Waals surface area (Å²) < 4.78 is 28.0. The molecular formula is C15H23F2NOS. The largest absolute Gasteiger partial charge is 0.392 e. The Hall–Kier alpha value is -0.650. The van der Waals surface area contributed by atoms with E-state index in [0.717, 1.165) is 11.8 Å². The summed E-state index contributed by atoms with van der Waals surface area (Å²) in [5.74, 6) is -1.15. The van der Waals surface area contributed by atoms with E-state index in [1.807, 2.05) is 20.8 Å². The van der Waals surface area contributed by atoms with E-state index in [-0.39, 0.29) is 15.7 Å². The van der Waals surface area contributed by atoms with Crippen LogP contribution >= 0.6 is 11.8 Å². The fourth-order valence-electron chi connectivity index (χ4n) is 1.48. The quantitative estimate of drug-likeness (QED) is 0.813. The average molecular weight is 303 g/mol. The van der Waals surface area contributed by atoms with Gasteiger partial charge in [-0.3, -0.25) is 0 Å². The molecule has 0 fully saturated rings. The summed E-state index contributed by atoms with van der Waals surface area (Å²) in [7, 11) is 0. The molecule has 1 aromatic rings. The lowest BCUT2D eigenvalue weighted by Gasteiger charge is -2.21. The summed E-state index contributed by atoms with van der Waals surface area (Å²) in [6, 6.07) is 2.69. The van der Waals surface area contributed by atoms with Gasteiger partial charge in [0.2, 0.25) is 0 Å². The molecule has 0 aliphatic rings. The van der Waals surface area contributed by atoms with Crippen LogP contribution in [0.15, 0.2) is 17.0 Å². The molecule has 114 valence electrons. The first-order valence-electron chi connectivity index (χ1n) is 6.68. The van der Waals surface area contributed by atoms with Gasteiger partial charge in [0.1, 0.15) is 11.6 Å². The fourth-order valence-corrected chi connectivity index (χ4v) is 2.39. The van der Waals surface area contributed by atoms with E-state index in [4.69, 9.17) is 0 Å². The third-order valence-electron chi connectivity index (χ3n) is 2.86. The zero-order valence-corrected chi connectivity index (χ0v) is 13.4. The normalized spacial score (nSPS) is 15.2. The average Bonchev–Trinajstić information content (AvgIpc) is 2.29. The standard InChI is InChI=1S/C15H23F2NOS/c1-9(19)10(2)20-14-12(16)6-11(7-13(14)17)8-18-15(3,4)5/h6-7,9-10,18-19H,8H2,1-5H3. The van der Waals surface area contributed by atoms with Gasteiger partial charge in [0.15, 0.2) is 0 Å². The van der Waals surface area contributed by atoms with Gasteiger partial charge < -0.3 is 10.4 Å². The minimum atomic E-state index is -0.624. The molecule has 2 unspecified atom stereocenters. The molecule has 0 saturated heterocycles. The SMILES string of the molecule is CC(O)C(C)Sc1c(F)cc(CNC(C)(C)C)cc1F. The van der Waals surface area contributed by atoms with E-state index >= 15 is 0 Å². The Balaban J connectivity index is 2.86. The van der Waals surface area contributed by atoms with Crippen molar-refractivity contribution in [2.45, 2.75) is 63.0 Å². The minimum Gasteiger partial charge on any atom is -0.392 e. The summed E-state index contributed by atoms with van der Waals surface area (Å²) in [6.07, 6.45) is -0.624. The lowest BCUT2D eigenvalue weighted by Crippen LogP contribution is -2.35. The number of halogens is 2. The van der Waals surface area contributed by atoms with Gasteiger partial charge in [0.25, 0.3) is 0 Å². The molecule has 0 amide bonds. The molecule has 0 aromatic heterocycles. The summed E-state index contributed by atoms with van der Waals surface area (Å²) in [5.41, 5.74) is 0.463. The van der Waals surface area contributed by atoms with E-state index < -0.39 is 17.7 Å². The van der Waals surface area contributed by atoms with Crippen molar-refractivity contribution in [1.82, 2.24) is 5.32 Å².